The van der Waals surface area contributed by atoms with E-state index in [1.54, 1.807) is 32.1 Å². The molecule has 0 saturated heterocycles. The largest absolute Gasteiger partial charge is 0.377 e. The Labute approximate surface area is 158 Å². The highest BCUT2D eigenvalue weighted by molar-refractivity contribution is 7.69. The first kappa shape index (κ1) is 18.7. The van der Waals surface area contributed by atoms with Crippen LogP contribution in [-0.2, 0) is 4.74 Å². The third-order valence-corrected chi connectivity index (χ3v) is 50.5. The minimum Gasteiger partial charge on any atom is -0.377 e. The van der Waals surface area contributed by atoms with Crippen LogP contribution in [0.2, 0.25) is 50.4 Å². The van der Waals surface area contributed by atoms with Gasteiger partial charge in [0, 0.05) is 22.3 Å². The van der Waals surface area contributed by atoms with Crippen LogP contribution >= 0.6 is 0 Å². The molecule has 1 atom stereocenters. The van der Waals surface area contributed by atoms with Crippen molar-refractivity contribution in [3.63, 3.8) is 0 Å². The Morgan fingerprint density at radius 2 is 1.32 bits per heavy atom. The fourth-order valence-electron chi connectivity index (χ4n) is 9.38. The monoisotopic (exact) mass is 392 g/mol. The van der Waals surface area contributed by atoms with Crippen molar-refractivity contribution >= 4 is 22.3 Å². The topological polar surface area (TPSA) is 9.23 Å². The molecule has 0 aromatic carbocycles. The molecule has 0 aromatic heterocycles. The maximum atomic E-state index is 6.41. The lowest BCUT2D eigenvalue weighted by Gasteiger charge is -2.74. The van der Waals surface area contributed by atoms with E-state index in [2.05, 4.69) is 51.4 Å². The van der Waals surface area contributed by atoms with E-state index in [0.29, 0.717) is 11.1 Å². The second-order valence-corrected chi connectivity index (χ2v) is 39.6. The van der Waals surface area contributed by atoms with Crippen molar-refractivity contribution in [2.24, 2.45) is 23.7 Å². The highest BCUT2D eigenvalue weighted by Gasteiger charge is 2.75. The molecule has 142 valence electrons. The summed E-state index contributed by atoms with van der Waals surface area (Å²) in [5, 5.41) is 0.582. The van der Waals surface area contributed by atoms with E-state index >= 15 is 0 Å². The van der Waals surface area contributed by atoms with Gasteiger partial charge in [-0.2, -0.15) is 0 Å². The van der Waals surface area contributed by atoms with Crippen LogP contribution in [0.25, 0.3) is 0 Å². The Bertz CT molecular complexity index is 527. The molecule has 1 unspecified atom stereocenters. The first-order chi connectivity index (χ1) is 11.6. The lowest BCUT2D eigenvalue weighted by molar-refractivity contribution is -0.0785. The number of hydrogen-bond donors (Lipinski definition) is 0. The first-order valence-corrected chi connectivity index (χ1v) is 22.0. The number of allylic oxidation sites excluding steroid dienone is 1. The van der Waals surface area contributed by atoms with Gasteiger partial charge in [0.05, 0.1) is 13.2 Å². The van der Waals surface area contributed by atoms with Crippen LogP contribution in [0.1, 0.15) is 32.1 Å². The predicted molar refractivity (Wildman–Crippen MR) is 117 cm³/mol. The maximum Gasteiger partial charge on any atom is 0.0785 e. The second-order valence-electron chi connectivity index (χ2n) is 11.9. The number of methoxy groups -OCH3 is 1. The number of ether oxygens (including phenoxy) is 1. The Morgan fingerprint density at radius 3 is 1.72 bits per heavy atom. The van der Waals surface area contributed by atoms with E-state index in [9.17, 15) is 0 Å². The van der Waals surface area contributed by atoms with Crippen LogP contribution in [0.5, 0.6) is 0 Å². The third kappa shape index (κ3) is 2.20. The summed E-state index contributed by atoms with van der Waals surface area (Å²) >= 11 is 0. The first-order valence-electron chi connectivity index (χ1n) is 10.8. The fraction of sp³-hybridized carbons (Fsp3) is 0.905. The van der Waals surface area contributed by atoms with Gasteiger partial charge in [-0.15, -0.1) is 0 Å². The van der Waals surface area contributed by atoms with Crippen LogP contribution < -0.4 is 0 Å². The Kier molecular flexibility index (Phi) is 4.25. The van der Waals surface area contributed by atoms with Crippen molar-refractivity contribution in [3.05, 3.63) is 12.2 Å². The lowest BCUT2D eigenvalue weighted by atomic mass is 9.50. The normalized spacial score (nSPS) is 45.3. The second kappa shape index (κ2) is 5.68. The van der Waals surface area contributed by atoms with Crippen molar-refractivity contribution in [1.82, 2.24) is 0 Å². The fourth-order valence-corrected chi connectivity index (χ4v) is 61.3. The molecule has 0 radical (unpaired) electrons. The molecule has 1 aliphatic heterocycles. The molecule has 25 heavy (non-hydrogen) atoms. The van der Waals surface area contributed by atoms with E-state index in [-0.39, 0.29) is 0 Å². The maximum absolute atomic E-state index is 6.41. The van der Waals surface area contributed by atoms with Crippen LogP contribution in [-0.4, -0.2) is 35.5 Å². The van der Waals surface area contributed by atoms with Crippen LogP contribution in [0.15, 0.2) is 12.2 Å². The summed E-state index contributed by atoms with van der Waals surface area (Å²) in [7, 11) is -1.96. The SMILES string of the molecule is COC1C=CC[Si]([Si](C)(C)C)([Si](C)(C)C)C12C1CC3CC(C1)CC2C3. The molecule has 5 rings (SSSR count). The molecule has 4 aliphatic carbocycles. The van der Waals surface area contributed by atoms with Crippen molar-refractivity contribution in [2.45, 2.75) is 88.6 Å². The Balaban J connectivity index is 1.99. The van der Waals surface area contributed by atoms with Gasteiger partial charge in [0.1, 0.15) is 0 Å². The summed E-state index contributed by atoms with van der Waals surface area (Å²) < 4.78 is 6.41. The van der Waals surface area contributed by atoms with Gasteiger partial charge in [-0.3, -0.25) is 0 Å². The van der Waals surface area contributed by atoms with Crippen molar-refractivity contribution < 1.29 is 4.74 Å². The number of hydrogen-bond acceptors (Lipinski definition) is 1. The quantitative estimate of drug-likeness (QED) is 0.419. The molecule has 0 N–H and O–H groups in total. The van der Waals surface area contributed by atoms with E-state index in [1.165, 1.54) is 6.04 Å². The standard InChI is InChI=1S/C21H40OSi3/c1-22-20-9-8-10-25(23(2,3)4,24(5,6)7)21(20)18-12-16-11-17(14-18)15-19(21)13-16/h8-9,16-20H,10-15H2,1-7H3. The van der Waals surface area contributed by atoms with Gasteiger partial charge in [-0.1, -0.05) is 51.4 Å². The van der Waals surface area contributed by atoms with Gasteiger partial charge in [0.15, 0.2) is 0 Å². The number of rotatable bonds is 3. The summed E-state index contributed by atoms with van der Waals surface area (Å²) in [6, 6.07) is 1.49. The molecule has 1 heterocycles. The molecule has 4 bridgehead atoms. The molecule has 0 aromatic rings. The summed E-state index contributed by atoms with van der Waals surface area (Å²) in [5.74, 6) is 4.10. The zero-order valence-corrected chi connectivity index (χ0v) is 20.7. The summed E-state index contributed by atoms with van der Waals surface area (Å²) in [5.41, 5.74) is 0. The zero-order chi connectivity index (χ0) is 18.3. The van der Waals surface area contributed by atoms with E-state index < -0.39 is 22.3 Å². The molecule has 4 saturated carbocycles. The van der Waals surface area contributed by atoms with Crippen LogP contribution in [0.3, 0.4) is 0 Å². The predicted octanol–water partition coefficient (Wildman–Crippen LogP) is 6.05. The van der Waals surface area contributed by atoms with Gasteiger partial charge in [0.2, 0.25) is 0 Å². The molecule has 1 spiro atoms. The highest BCUT2D eigenvalue weighted by atomic mass is 29.6. The minimum atomic E-state index is -1.46. The summed E-state index contributed by atoms with van der Waals surface area (Å²) in [6.45, 7) is 16.6. The van der Waals surface area contributed by atoms with Crippen LogP contribution in [0, 0.1) is 23.7 Å². The van der Waals surface area contributed by atoms with Gasteiger partial charge in [0.25, 0.3) is 0 Å². The third-order valence-electron chi connectivity index (χ3n) is 9.25. The van der Waals surface area contributed by atoms with Crippen molar-refractivity contribution in [1.29, 1.82) is 0 Å². The smallest absolute Gasteiger partial charge is 0.0785 e. The molecular formula is C21H40OSi3. The summed E-state index contributed by atoms with van der Waals surface area (Å²) in [4.78, 5) is 0. The van der Waals surface area contributed by atoms with Gasteiger partial charge in [-0.25, -0.2) is 0 Å². The highest BCUT2D eigenvalue weighted by Crippen LogP contribution is 2.74. The molecule has 0 amide bonds. The van der Waals surface area contributed by atoms with Gasteiger partial charge >= 0.3 is 0 Å². The van der Waals surface area contributed by atoms with Crippen LogP contribution in [0.4, 0.5) is 0 Å². The molecule has 4 heteroatoms. The van der Waals surface area contributed by atoms with Gasteiger partial charge in [-0.05, 0) is 66.9 Å². The Morgan fingerprint density at radius 1 is 0.840 bits per heavy atom. The summed E-state index contributed by atoms with van der Waals surface area (Å²) in [6.07, 6.45) is 13.3. The molecule has 1 nitrogen and oxygen atoms in total. The lowest BCUT2D eigenvalue weighted by Crippen LogP contribution is -2.83. The Hall–Kier alpha value is 0.351. The molecular weight excluding hydrogens is 352 g/mol. The van der Waals surface area contributed by atoms with Gasteiger partial charge < -0.3 is 4.74 Å². The zero-order valence-electron chi connectivity index (χ0n) is 17.7. The van der Waals surface area contributed by atoms with E-state index in [4.69, 9.17) is 4.74 Å². The molecule has 5 aliphatic rings. The van der Waals surface area contributed by atoms with E-state index in [1.807, 2.05) is 7.11 Å². The van der Waals surface area contributed by atoms with Crippen molar-refractivity contribution in [3.8, 4) is 0 Å². The van der Waals surface area contributed by atoms with Crippen molar-refractivity contribution in [2.75, 3.05) is 7.11 Å². The average molecular weight is 393 g/mol. The van der Waals surface area contributed by atoms with E-state index in [0.717, 1.165) is 23.7 Å². The molecule has 4 fully saturated rings. The average Bonchev–Trinajstić information content (AvgIpc) is 2.48. The minimum absolute atomic E-state index is 0.432.